The van der Waals surface area contributed by atoms with E-state index in [0.29, 0.717) is 17.9 Å². The van der Waals surface area contributed by atoms with E-state index in [9.17, 15) is 9.50 Å². The molecule has 1 aliphatic rings. The molecule has 5 heteroatoms. The summed E-state index contributed by atoms with van der Waals surface area (Å²) in [4.78, 5) is 2.14. The summed E-state index contributed by atoms with van der Waals surface area (Å²) in [6.07, 6.45) is 0. The zero-order chi connectivity index (χ0) is 12.3. The molecule has 0 saturated carbocycles. The highest BCUT2D eigenvalue weighted by atomic mass is 19.1. The Bertz CT molecular complexity index is 392. The highest BCUT2D eigenvalue weighted by Crippen LogP contribution is 2.29. The molecule has 1 saturated heterocycles. The predicted octanol–water partition coefficient (Wildman–Crippen LogP) is 0.945. The fourth-order valence-corrected chi connectivity index (χ4v) is 2.02. The number of nitrogens with zero attached hydrogens (tertiary/aromatic N) is 1. The van der Waals surface area contributed by atoms with Crippen molar-refractivity contribution in [2.45, 2.75) is 6.54 Å². The number of benzene rings is 1. The van der Waals surface area contributed by atoms with Gasteiger partial charge in [0, 0.05) is 38.3 Å². The number of hydrogen-bond acceptors (Lipinski definition) is 4. The van der Waals surface area contributed by atoms with Gasteiger partial charge in [0.1, 0.15) is 5.75 Å². The van der Waals surface area contributed by atoms with Crippen molar-refractivity contribution in [1.82, 2.24) is 10.2 Å². The van der Waals surface area contributed by atoms with Crippen molar-refractivity contribution in [2.75, 3.05) is 33.3 Å². The normalized spacial score (nSPS) is 17.1. The molecular weight excluding hydrogens is 223 g/mol. The average Bonchev–Trinajstić information content (AvgIpc) is 2.37. The van der Waals surface area contributed by atoms with Gasteiger partial charge in [-0.25, -0.2) is 4.39 Å². The van der Waals surface area contributed by atoms with E-state index in [1.165, 1.54) is 13.2 Å². The number of aromatic hydroxyl groups is 1. The Kier molecular flexibility index (Phi) is 3.81. The van der Waals surface area contributed by atoms with Crippen molar-refractivity contribution in [3.63, 3.8) is 0 Å². The number of nitrogens with one attached hydrogen (secondary N) is 1. The van der Waals surface area contributed by atoms with Crippen LogP contribution >= 0.6 is 0 Å². The fourth-order valence-electron chi connectivity index (χ4n) is 2.02. The van der Waals surface area contributed by atoms with Gasteiger partial charge in [0.25, 0.3) is 0 Å². The van der Waals surface area contributed by atoms with Gasteiger partial charge < -0.3 is 15.2 Å². The summed E-state index contributed by atoms with van der Waals surface area (Å²) >= 11 is 0. The second-order valence-corrected chi connectivity index (χ2v) is 4.11. The summed E-state index contributed by atoms with van der Waals surface area (Å²) in [6, 6.07) is 2.91. The molecule has 2 rings (SSSR count). The van der Waals surface area contributed by atoms with E-state index in [0.717, 1.165) is 26.2 Å². The molecule has 0 unspecified atom stereocenters. The molecule has 1 aromatic carbocycles. The molecule has 0 atom stereocenters. The molecule has 1 aromatic rings. The Morgan fingerprint density at radius 2 is 2.12 bits per heavy atom. The Labute approximate surface area is 100.0 Å². The lowest BCUT2D eigenvalue weighted by molar-refractivity contribution is 0.226. The van der Waals surface area contributed by atoms with Gasteiger partial charge in [0.15, 0.2) is 11.6 Å². The Balaban J connectivity index is 2.20. The van der Waals surface area contributed by atoms with Crippen LogP contribution in [-0.4, -0.2) is 43.3 Å². The number of methoxy groups -OCH3 is 1. The standard InChI is InChI=1S/C12H17FN2O2/c1-17-11-3-2-10(16)12(13)9(11)8-15-6-4-14-5-7-15/h2-3,14,16H,4-8H2,1H3. The van der Waals surface area contributed by atoms with Crippen molar-refractivity contribution in [3.8, 4) is 11.5 Å². The van der Waals surface area contributed by atoms with Crippen molar-refractivity contribution < 1.29 is 14.2 Å². The summed E-state index contributed by atoms with van der Waals surface area (Å²) in [7, 11) is 1.51. The molecule has 0 radical (unpaired) electrons. The first-order valence-electron chi connectivity index (χ1n) is 5.69. The van der Waals surface area contributed by atoms with Gasteiger partial charge in [-0.15, -0.1) is 0 Å². The molecule has 17 heavy (non-hydrogen) atoms. The van der Waals surface area contributed by atoms with Crippen LogP contribution in [0.4, 0.5) is 4.39 Å². The van der Waals surface area contributed by atoms with Gasteiger partial charge in [0.05, 0.1) is 7.11 Å². The second-order valence-electron chi connectivity index (χ2n) is 4.11. The van der Waals surface area contributed by atoms with E-state index in [2.05, 4.69) is 10.2 Å². The molecular formula is C12H17FN2O2. The Hall–Kier alpha value is -1.33. The molecule has 0 amide bonds. The molecule has 2 N–H and O–H groups in total. The van der Waals surface area contributed by atoms with Crippen LogP contribution in [0.15, 0.2) is 12.1 Å². The lowest BCUT2D eigenvalue weighted by Gasteiger charge is -2.27. The smallest absolute Gasteiger partial charge is 0.172 e. The van der Waals surface area contributed by atoms with E-state index in [1.807, 2.05) is 0 Å². The maximum atomic E-state index is 13.8. The van der Waals surface area contributed by atoms with Crippen LogP contribution in [0.5, 0.6) is 11.5 Å². The second kappa shape index (κ2) is 5.33. The maximum Gasteiger partial charge on any atom is 0.172 e. The third kappa shape index (κ3) is 2.68. The van der Waals surface area contributed by atoms with E-state index in [4.69, 9.17) is 4.74 Å². The average molecular weight is 240 g/mol. The third-order valence-corrected chi connectivity index (χ3v) is 2.99. The molecule has 4 nitrogen and oxygen atoms in total. The number of piperazine rings is 1. The van der Waals surface area contributed by atoms with Gasteiger partial charge in [-0.3, -0.25) is 4.90 Å². The number of ether oxygens (including phenoxy) is 1. The molecule has 0 aliphatic carbocycles. The summed E-state index contributed by atoms with van der Waals surface area (Å²) in [5.41, 5.74) is 0.425. The lowest BCUT2D eigenvalue weighted by Crippen LogP contribution is -2.43. The number of hydrogen-bond donors (Lipinski definition) is 2. The van der Waals surface area contributed by atoms with Crippen LogP contribution < -0.4 is 10.1 Å². The van der Waals surface area contributed by atoms with Gasteiger partial charge in [-0.1, -0.05) is 0 Å². The first kappa shape index (κ1) is 12.1. The summed E-state index contributed by atoms with van der Waals surface area (Å²) < 4.78 is 19.0. The van der Waals surface area contributed by atoms with Crippen LogP contribution in [0, 0.1) is 5.82 Å². The quantitative estimate of drug-likeness (QED) is 0.825. The van der Waals surface area contributed by atoms with Gasteiger partial charge >= 0.3 is 0 Å². The highest BCUT2D eigenvalue weighted by Gasteiger charge is 2.18. The summed E-state index contributed by atoms with van der Waals surface area (Å²) in [5.74, 6) is -0.419. The van der Waals surface area contributed by atoms with E-state index in [1.54, 1.807) is 6.07 Å². The van der Waals surface area contributed by atoms with Crippen molar-refractivity contribution in [2.24, 2.45) is 0 Å². The van der Waals surface area contributed by atoms with Crippen molar-refractivity contribution in [1.29, 1.82) is 0 Å². The van der Waals surface area contributed by atoms with Crippen LogP contribution in [0.2, 0.25) is 0 Å². The first-order chi connectivity index (χ1) is 8.22. The zero-order valence-corrected chi connectivity index (χ0v) is 9.87. The number of rotatable bonds is 3. The molecule has 1 aliphatic heterocycles. The van der Waals surface area contributed by atoms with Crippen LogP contribution in [-0.2, 0) is 6.54 Å². The molecule has 0 bridgehead atoms. The van der Waals surface area contributed by atoms with E-state index in [-0.39, 0.29) is 5.75 Å². The zero-order valence-electron chi connectivity index (χ0n) is 9.87. The Morgan fingerprint density at radius 1 is 1.41 bits per heavy atom. The number of halogens is 1. The molecule has 0 aromatic heterocycles. The van der Waals surface area contributed by atoms with Crippen LogP contribution in [0.25, 0.3) is 0 Å². The van der Waals surface area contributed by atoms with Crippen LogP contribution in [0.1, 0.15) is 5.56 Å². The lowest BCUT2D eigenvalue weighted by atomic mass is 10.1. The largest absolute Gasteiger partial charge is 0.505 e. The van der Waals surface area contributed by atoms with Gasteiger partial charge in [0.2, 0.25) is 0 Å². The number of phenolic OH excluding ortho intramolecular Hbond substituents is 1. The molecule has 1 heterocycles. The van der Waals surface area contributed by atoms with Gasteiger partial charge in [-0.2, -0.15) is 0 Å². The fraction of sp³-hybridized carbons (Fsp3) is 0.500. The minimum Gasteiger partial charge on any atom is -0.505 e. The molecule has 94 valence electrons. The summed E-state index contributed by atoms with van der Waals surface area (Å²) in [6.45, 7) is 4.02. The monoisotopic (exact) mass is 240 g/mol. The minimum absolute atomic E-state index is 0.323. The molecule has 1 fully saturated rings. The van der Waals surface area contributed by atoms with Gasteiger partial charge in [-0.05, 0) is 12.1 Å². The van der Waals surface area contributed by atoms with Crippen LogP contribution in [0.3, 0.4) is 0 Å². The highest BCUT2D eigenvalue weighted by molar-refractivity contribution is 5.41. The Morgan fingerprint density at radius 3 is 2.76 bits per heavy atom. The van der Waals surface area contributed by atoms with E-state index < -0.39 is 5.82 Å². The minimum atomic E-state index is -0.581. The van der Waals surface area contributed by atoms with E-state index >= 15 is 0 Å². The predicted molar refractivity (Wildman–Crippen MR) is 62.8 cm³/mol. The van der Waals surface area contributed by atoms with Crippen molar-refractivity contribution >= 4 is 0 Å². The first-order valence-corrected chi connectivity index (χ1v) is 5.69. The third-order valence-electron chi connectivity index (χ3n) is 2.99. The molecule has 0 spiro atoms. The van der Waals surface area contributed by atoms with Crippen molar-refractivity contribution in [3.05, 3.63) is 23.5 Å². The maximum absolute atomic E-state index is 13.8. The SMILES string of the molecule is COc1ccc(O)c(F)c1CN1CCNCC1. The summed E-state index contributed by atoms with van der Waals surface area (Å²) in [5, 5.41) is 12.6. The number of phenols is 1. The topological polar surface area (TPSA) is 44.7 Å².